The van der Waals surface area contributed by atoms with E-state index in [0.29, 0.717) is 41.8 Å². The van der Waals surface area contributed by atoms with E-state index in [1.54, 1.807) is 4.90 Å². The molecule has 2 aromatic heterocycles. The first-order valence-corrected chi connectivity index (χ1v) is 13.1. The Morgan fingerprint density at radius 1 is 1.09 bits per heavy atom. The molecule has 43 heavy (non-hydrogen) atoms. The van der Waals surface area contributed by atoms with Gasteiger partial charge in [-0.3, -0.25) is 9.69 Å². The number of carbonyl (C=O) groups excluding carboxylic acids is 1. The van der Waals surface area contributed by atoms with Crippen LogP contribution < -0.4 is 10.5 Å². The minimum atomic E-state index is -5.08. The Balaban J connectivity index is 0.000000541. The fraction of sp³-hybridized carbons (Fsp3) is 0.560. The molecule has 2 aliphatic heterocycles. The van der Waals surface area contributed by atoms with Crippen LogP contribution in [-0.4, -0.2) is 98.0 Å². The van der Waals surface area contributed by atoms with Crippen LogP contribution in [0.15, 0.2) is 12.1 Å². The summed E-state index contributed by atoms with van der Waals surface area (Å²) in [5, 5.41) is 12.1. The van der Waals surface area contributed by atoms with Crippen molar-refractivity contribution in [2.75, 3.05) is 39.0 Å². The molecule has 2 saturated heterocycles. The van der Waals surface area contributed by atoms with Gasteiger partial charge in [0.15, 0.2) is 23.0 Å². The van der Waals surface area contributed by atoms with E-state index in [9.17, 15) is 35.5 Å². The lowest BCUT2D eigenvalue weighted by molar-refractivity contribution is -0.192. The van der Waals surface area contributed by atoms with Crippen LogP contribution in [0.4, 0.5) is 36.7 Å². The van der Waals surface area contributed by atoms with Crippen LogP contribution in [0.2, 0.25) is 0 Å². The molecule has 3 N–H and O–H groups in total. The highest BCUT2D eigenvalue weighted by Crippen LogP contribution is 2.33. The molecule has 1 amide bonds. The van der Waals surface area contributed by atoms with Crippen molar-refractivity contribution in [1.29, 1.82) is 0 Å². The van der Waals surface area contributed by atoms with Crippen LogP contribution in [0.5, 0.6) is 5.75 Å². The van der Waals surface area contributed by atoms with Gasteiger partial charge in [-0.2, -0.15) is 30.9 Å². The van der Waals surface area contributed by atoms with Gasteiger partial charge in [-0.1, -0.05) is 0 Å². The number of ether oxygens (including phenoxy) is 1. The summed E-state index contributed by atoms with van der Waals surface area (Å²) in [6.45, 7) is 1.63. The first kappa shape index (κ1) is 32.0. The molecule has 3 aromatic rings. The summed E-state index contributed by atoms with van der Waals surface area (Å²) in [5.74, 6) is -3.55. The highest BCUT2D eigenvalue weighted by atomic mass is 19.4. The van der Waals surface area contributed by atoms with Crippen LogP contribution in [0.25, 0.3) is 16.6 Å². The number of carboxylic acid groups (broad SMARTS) is 1. The maximum Gasteiger partial charge on any atom is 0.490 e. The number of rotatable bonds is 4. The van der Waals surface area contributed by atoms with Gasteiger partial charge in [0, 0.05) is 36.5 Å². The third kappa shape index (κ3) is 7.17. The van der Waals surface area contributed by atoms with E-state index >= 15 is 0 Å². The van der Waals surface area contributed by atoms with Crippen molar-refractivity contribution in [2.45, 2.75) is 50.5 Å². The Morgan fingerprint density at radius 2 is 1.77 bits per heavy atom. The Morgan fingerprint density at radius 3 is 2.37 bits per heavy atom. The van der Waals surface area contributed by atoms with Crippen LogP contribution in [0.3, 0.4) is 0 Å². The van der Waals surface area contributed by atoms with Gasteiger partial charge in [-0.05, 0) is 38.8 Å². The molecule has 0 unspecified atom stereocenters. The molecule has 2 fully saturated rings. The number of fused-ring (bicyclic) bond motifs is 3. The molecule has 0 spiro atoms. The third-order valence-corrected chi connectivity index (χ3v) is 7.38. The minimum Gasteiger partial charge on any atom is -0.494 e. The number of aliphatic carboxylic acids is 1. The first-order chi connectivity index (χ1) is 20.0. The summed E-state index contributed by atoms with van der Waals surface area (Å²) >= 11 is 0. The molecule has 0 bridgehead atoms. The number of aromatic nitrogens is 4. The van der Waals surface area contributed by atoms with Crippen LogP contribution in [0.1, 0.15) is 37.9 Å². The summed E-state index contributed by atoms with van der Waals surface area (Å²) in [6.07, 6.45) is -7.55. The molecule has 3 atom stereocenters. The second kappa shape index (κ2) is 12.0. The number of halogens is 7. The topological polar surface area (TPSA) is 139 Å². The highest BCUT2D eigenvalue weighted by Gasteiger charge is 2.40. The Hall–Kier alpha value is -3.96. The van der Waals surface area contributed by atoms with Crippen molar-refractivity contribution in [3.8, 4) is 5.75 Å². The summed E-state index contributed by atoms with van der Waals surface area (Å²) in [7, 11) is 1.36. The van der Waals surface area contributed by atoms with Crippen LogP contribution in [-0.2, 0) is 9.59 Å². The number of amides is 1. The number of hydrogen-bond donors (Lipinski definition) is 2. The number of piperidine rings is 1. The second-order valence-electron chi connectivity index (χ2n) is 10.4. The minimum absolute atomic E-state index is 0.0367. The molecule has 1 aromatic carbocycles. The first-order valence-electron chi connectivity index (χ1n) is 13.1. The SMILES string of the molecule is COc1cc2nc(N)n3nc([C@@H]4CC[C@H](C)N(C(=O)[C@@H]5CCN(CC(F)(F)F)C5)C4)nc3c2cc1F.O=C(O)C(F)(F)F. The summed E-state index contributed by atoms with van der Waals surface area (Å²) in [4.78, 5) is 34.1. The molecule has 0 saturated carbocycles. The van der Waals surface area contributed by atoms with E-state index in [1.807, 2.05) is 6.92 Å². The summed E-state index contributed by atoms with van der Waals surface area (Å²) in [6, 6.07) is 2.68. The number of hydrogen-bond acceptors (Lipinski definition) is 8. The zero-order chi connectivity index (χ0) is 31.9. The predicted molar refractivity (Wildman–Crippen MR) is 137 cm³/mol. The molecule has 0 radical (unpaired) electrons. The fourth-order valence-corrected chi connectivity index (χ4v) is 5.27. The monoisotopic (exact) mass is 623 g/mol. The van der Waals surface area contributed by atoms with Gasteiger partial charge in [0.05, 0.1) is 25.1 Å². The molecule has 4 heterocycles. The molecule has 236 valence electrons. The number of anilines is 1. The average molecular weight is 624 g/mol. The number of benzene rings is 1. The number of carbonyl (C=O) groups is 2. The number of alkyl halides is 6. The number of likely N-dealkylation sites (tertiary alicyclic amines) is 2. The number of methoxy groups -OCH3 is 1. The maximum absolute atomic E-state index is 14.4. The van der Waals surface area contributed by atoms with Gasteiger partial charge in [-0.25, -0.2) is 19.2 Å². The summed E-state index contributed by atoms with van der Waals surface area (Å²) < 4.78 is 90.8. The number of nitrogens with zero attached hydrogens (tertiary/aromatic N) is 6. The molecule has 2 aliphatic rings. The number of carboxylic acids is 1. The lowest BCUT2D eigenvalue weighted by Crippen LogP contribution is -2.48. The maximum atomic E-state index is 14.4. The highest BCUT2D eigenvalue weighted by molar-refractivity contribution is 5.93. The van der Waals surface area contributed by atoms with E-state index in [2.05, 4.69) is 15.1 Å². The summed E-state index contributed by atoms with van der Waals surface area (Å²) in [5.41, 5.74) is 6.86. The van der Waals surface area contributed by atoms with Crippen molar-refractivity contribution < 1.29 is 50.2 Å². The van der Waals surface area contributed by atoms with E-state index in [1.165, 1.54) is 28.7 Å². The van der Waals surface area contributed by atoms with Gasteiger partial charge in [0.2, 0.25) is 11.9 Å². The Labute approximate surface area is 239 Å². The Bertz CT molecular complexity index is 1510. The normalized spacial score (nSPS) is 21.6. The van der Waals surface area contributed by atoms with Crippen molar-refractivity contribution in [2.24, 2.45) is 5.92 Å². The largest absolute Gasteiger partial charge is 0.494 e. The molecule has 0 aliphatic carbocycles. The van der Waals surface area contributed by atoms with Crippen molar-refractivity contribution >= 4 is 34.4 Å². The van der Waals surface area contributed by atoms with E-state index in [4.69, 9.17) is 20.4 Å². The van der Waals surface area contributed by atoms with Crippen LogP contribution >= 0.6 is 0 Å². The number of nitrogen functional groups attached to an aromatic ring is 1. The standard InChI is InChI=1S/C23H27F4N7O2.C2HF3O2/c1-12-3-4-13(10-33(12)21(35)14-5-6-32(9-14)11-23(25,26)27)19-30-20-15-7-16(24)18(36-2)8-17(15)29-22(28)34(20)31-19;3-2(4,5)1(6)7/h7-8,12-14H,3-6,9-11H2,1-2H3,(H2,28,29);(H,6,7)/t12-,13+,14+;/m0./s1. The zero-order valence-corrected chi connectivity index (χ0v) is 22.9. The van der Waals surface area contributed by atoms with E-state index < -0.39 is 36.6 Å². The van der Waals surface area contributed by atoms with Gasteiger partial charge in [0.25, 0.3) is 0 Å². The number of nitrogens with two attached hydrogens (primary N) is 1. The van der Waals surface area contributed by atoms with E-state index in [0.717, 1.165) is 6.42 Å². The fourth-order valence-electron chi connectivity index (χ4n) is 5.27. The zero-order valence-electron chi connectivity index (χ0n) is 22.9. The molecule has 5 rings (SSSR count). The van der Waals surface area contributed by atoms with Crippen molar-refractivity contribution in [3.05, 3.63) is 23.8 Å². The second-order valence-corrected chi connectivity index (χ2v) is 10.4. The predicted octanol–water partition coefficient (Wildman–Crippen LogP) is 3.62. The van der Waals surface area contributed by atoms with Gasteiger partial charge < -0.3 is 20.5 Å². The molecular weight excluding hydrogens is 595 g/mol. The smallest absolute Gasteiger partial charge is 0.490 e. The molecule has 11 nitrogen and oxygen atoms in total. The van der Waals surface area contributed by atoms with Crippen LogP contribution in [0, 0.1) is 11.7 Å². The quantitative estimate of drug-likeness (QED) is 0.418. The molecular formula is C25H28F7N7O4. The lowest BCUT2D eigenvalue weighted by Gasteiger charge is -2.38. The van der Waals surface area contributed by atoms with Gasteiger partial charge >= 0.3 is 18.3 Å². The van der Waals surface area contributed by atoms with Crippen molar-refractivity contribution in [3.63, 3.8) is 0 Å². The van der Waals surface area contributed by atoms with Gasteiger partial charge in [-0.15, -0.1) is 5.10 Å². The average Bonchev–Trinajstić information content (AvgIpc) is 3.56. The third-order valence-electron chi connectivity index (χ3n) is 7.38. The molecule has 18 heteroatoms. The van der Waals surface area contributed by atoms with Gasteiger partial charge in [0.1, 0.15) is 0 Å². The van der Waals surface area contributed by atoms with E-state index in [-0.39, 0.29) is 42.7 Å². The Kier molecular flexibility index (Phi) is 8.90. The van der Waals surface area contributed by atoms with Crippen molar-refractivity contribution in [1.82, 2.24) is 29.4 Å². The lowest BCUT2D eigenvalue weighted by atomic mass is 9.91.